The first kappa shape index (κ1) is 13.1. The minimum absolute atomic E-state index is 0.0323. The molecular weight excluding hydrogens is 254 g/mol. The van der Waals surface area contributed by atoms with Crippen LogP contribution in [0.3, 0.4) is 0 Å². The maximum atomic E-state index is 10.9. The molecule has 1 aliphatic heterocycles. The number of hydrogen-bond donors (Lipinski definition) is 2. The van der Waals surface area contributed by atoms with Crippen molar-refractivity contribution >= 4 is 16.7 Å². The molecule has 0 aliphatic carbocycles. The van der Waals surface area contributed by atoms with Gasteiger partial charge in [0.05, 0.1) is 12.7 Å². The molecule has 2 aromatic rings. The van der Waals surface area contributed by atoms with E-state index in [1.165, 1.54) is 10.8 Å². The van der Waals surface area contributed by atoms with E-state index >= 15 is 0 Å². The van der Waals surface area contributed by atoms with Crippen molar-refractivity contribution in [3.05, 3.63) is 48.0 Å². The van der Waals surface area contributed by atoms with Crippen LogP contribution in [0.4, 0.5) is 0 Å². The summed E-state index contributed by atoms with van der Waals surface area (Å²) in [4.78, 5) is 10.9. The maximum absolute atomic E-state index is 10.9. The van der Waals surface area contributed by atoms with Gasteiger partial charge in [-0.1, -0.05) is 42.5 Å². The number of carboxylic acid groups (broad SMARTS) is 1. The van der Waals surface area contributed by atoms with Crippen LogP contribution in [0.25, 0.3) is 10.8 Å². The van der Waals surface area contributed by atoms with E-state index in [0.717, 1.165) is 5.56 Å². The Labute approximate surface area is 117 Å². The maximum Gasteiger partial charge on any atom is 0.320 e. The molecule has 20 heavy (non-hydrogen) atoms. The Hall–Kier alpha value is -1.91. The van der Waals surface area contributed by atoms with Crippen LogP contribution in [0.15, 0.2) is 42.5 Å². The molecule has 0 saturated carbocycles. The van der Waals surface area contributed by atoms with Gasteiger partial charge in [0.25, 0.3) is 0 Å². The summed E-state index contributed by atoms with van der Waals surface area (Å²) in [6.07, 6.45) is 0.496. The monoisotopic (exact) mass is 271 g/mol. The second-order valence-electron chi connectivity index (χ2n) is 5.11. The fraction of sp³-hybridized carbons (Fsp3) is 0.312. The summed E-state index contributed by atoms with van der Waals surface area (Å²) in [6, 6.07) is 13.9. The van der Waals surface area contributed by atoms with E-state index in [2.05, 4.69) is 29.6 Å². The summed E-state index contributed by atoms with van der Waals surface area (Å²) >= 11 is 0. The predicted molar refractivity (Wildman–Crippen MR) is 76.6 cm³/mol. The average molecular weight is 271 g/mol. The van der Waals surface area contributed by atoms with Crippen molar-refractivity contribution in [1.82, 2.24) is 5.32 Å². The van der Waals surface area contributed by atoms with Gasteiger partial charge in [-0.2, -0.15) is 0 Å². The third-order valence-electron chi connectivity index (χ3n) is 3.74. The van der Waals surface area contributed by atoms with Gasteiger partial charge < -0.3 is 15.2 Å². The van der Waals surface area contributed by atoms with E-state index in [0.29, 0.717) is 19.6 Å². The standard InChI is InChI=1S/C16H17NO3/c18-16(19)15-8-13(9-17-15)20-10-12-6-3-5-11-4-1-2-7-14(11)12/h1-7,13,15,17H,8-10H2,(H,18,19). The smallest absolute Gasteiger partial charge is 0.320 e. The minimum atomic E-state index is -0.804. The van der Waals surface area contributed by atoms with Crippen molar-refractivity contribution in [2.75, 3.05) is 6.54 Å². The zero-order valence-electron chi connectivity index (χ0n) is 11.1. The van der Waals surface area contributed by atoms with Crippen LogP contribution in [0.2, 0.25) is 0 Å². The Morgan fingerprint density at radius 3 is 2.85 bits per heavy atom. The van der Waals surface area contributed by atoms with Crippen LogP contribution in [0.5, 0.6) is 0 Å². The molecule has 0 radical (unpaired) electrons. The van der Waals surface area contributed by atoms with Gasteiger partial charge >= 0.3 is 5.97 Å². The van der Waals surface area contributed by atoms with Gasteiger partial charge in [-0.05, 0) is 16.3 Å². The first-order chi connectivity index (χ1) is 9.74. The molecule has 4 nitrogen and oxygen atoms in total. The lowest BCUT2D eigenvalue weighted by atomic mass is 10.1. The van der Waals surface area contributed by atoms with Gasteiger partial charge in [-0.3, -0.25) is 4.79 Å². The third kappa shape index (κ3) is 2.66. The minimum Gasteiger partial charge on any atom is -0.480 e. The summed E-state index contributed by atoms with van der Waals surface area (Å²) in [5.41, 5.74) is 1.14. The number of nitrogens with one attached hydrogen (secondary N) is 1. The van der Waals surface area contributed by atoms with Crippen molar-refractivity contribution in [3.63, 3.8) is 0 Å². The van der Waals surface area contributed by atoms with E-state index in [9.17, 15) is 4.79 Å². The summed E-state index contributed by atoms with van der Waals surface area (Å²) in [6.45, 7) is 1.11. The molecule has 0 amide bonds. The number of carboxylic acids is 1. The zero-order valence-corrected chi connectivity index (χ0v) is 11.1. The van der Waals surface area contributed by atoms with E-state index in [1.807, 2.05) is 18.2 Å². The Morgan fingerprint density at radius 2 is 2.05 bits per heavy atom. The van der Waals surface area contributed by atoms with E-state index in [4.69, 9.17) is 9.84 Å². The van der Waals surface area contributed by atoms with Gasteiger partial charge in [0.15, 0.2) is 0 Å². The molecule has 1 fully saturated rings. The molecule has 4 heteroatoms. The van der Waals surface area contributed by atoms with Gasteiger partial charge in [0.2, 0.25) is 0 Å². The molecule has 2 atom stereocenters. The number of rotatable bonds is 4. The first-order valence-electron chi connectivity index (χ1n) is 6.78. The molecule has 1 saturated heterocycles. The molecule has 104 valence electrons. The van der Waals surface area contributed by atoms with Crippen molar-refractivity contribution in [1.29, 1.82) is 0 Å². The number of hydrogen-bond acceptors (Lipinski definition) is 3. The van der Waals surface area contributed by atoms with E-state index in [1.54, 1.807) is 0 Å². The van der Waals surface area contributed by atoms with Gasteiger partial charge in [-0.25, -0.2) is 0 Å². The molecule has 0 spiro atoms. The molecule has 1 heterocycles. The highest BCUT2D eigenvalue weighted by molar-refractivity contribution is 5.85. The van der Waals surface area contributed by atoms with Gasteiger partial charge in [-0.15, -0.1) is 0 Å². The molecule has 2 unspecified atom stereocenters. The lowest BCUT2D eigenvalue weighted by Crippen LogP contribution is -2.29. The normalized spacial score (nSPS) is 22.2. The number of ether oxygens (including phenoxy) is 1. The molecule has 3 rings (SSSR count). The van der Waals surface area contributed by atoms with Gasteiger partial charge in [0, 0.05) is 13.0 Å². The first-order valence-corrected chi connectivity index (χ1v) is 6.78. The second-order valence-corrected chi connectivity index (χ2v) is 5.11. The summed E-state index contributed by atoms with van der Waals surface area (Å²) in [5, 5.41) is 14.3. The lowest BCUT2D eigenvalue weighted by Gasteiger charge is -2.12. The van der Waals surface area contributed by atoms with Crippen LogP contribution in [-0.2, 0) is 16.1 Å². The Bertz CT molecular complexity index is 621. The van der Waals surface area contributed by atoms with Crippen molar-refractivity contribution in [2.45, 2.75) is 25.2 Å². The predicted octanol–water partition coefficient (Wildman–Crippen LogP) is 2.17. The molecule has 2 N–H and O–H groups in total. The van der Waals surface area contributed by atoms with Crippen LogP contribution in [-0.4, -0.2) is 29.8 Å². The lowest BCUT2D eigenvalue weighted by molar-refractivity contribution is -0.139. The fourth-order valence-corrected chi connectivity index (χ4v) is 2.64. The third-order valence-corrected chi connectivity index (χ3v) is 3.74. The number of fused-ring (bicyclic) bond motifs is 1. The summed E-state index contributed by atoms with van der Waals surface area (Å²) in [5.74, 6) is -0.804. The van der Waals surface area contributed by atoms with Crippen LogP contribution >= 0.6 is 0 Å². The zero-order chi connectivity index (χ0) is 13.9. The van der Waals surface area contributed by atoms with E-state index in [-0.39, 0.29) is 6.10 Å². The highest BCUT2D eigenvalue weighted by Crippen LogP contribution is 2.21. The molecule has 1 aliphatic rings. The molecule has 0 aromatic heterocycles. The summed E-state index contributed by atoms with van der Waals surface area (Å²) < 4.78 is 5.85. The van der Waals surface area contributed by atoms with Crippen LogP contribution in [0, 0.1) is 0 Å². The number of benzene rings is 2. The number of aliphatic carboxylic acids is 1. The topological polar surface area (TPSA) is 58.6 Å². The highest BCUT2D eigenvalue weighted by atomic mass is 16.5. The SMILES string of the molecule is O=C(O)C1CC(OCc2cccc3ccccc23)CN1. The largest absolute Gasteiger partial charge is 0.480 e. The number of carbonyl (C=O) groups is 1. The molecule has 0 bridgehead atoms. The Balaban J connectivity index is 1.67. The van der Waals surface area contributed by atoms with E-state index < -0.39 is 12.0 Å². The average Bonchev–Trinajstić information content (AvgIpc) is 2.94. The quantitative estimate of drug-likeness (QED) is 0.894. The van der Waals surface area contributed by atoms with Crippen molar-refractivity contribution < 1.29 is 14.6 Å². The van der Waals surface area contributed by atoms with Gasteiger partial charge in [0.1, 0.15) is 6.04 Å². The van der Waals surface area contributed by atoms with Crippen LogP contribution < -0.4 is 5.32 Å². The highest BCUT2D eigenvalue weighted by Gasteiger charge is 2.29. The molecular formula is C16H17NO3. The fourth-order valence-electron chi connectivity index (χ4n) is 2.64. The Kier molecular flexibility index (Phi) is 3.67. The van der Waals surface area contributed by atoms with Crippen LogP contribution in [0.1, 0.15) is 12.0 Å². The molecule has 2 aromatic carbocycles. The Morgan fingerprint density at radius 1 is 1.25 bits per heavy atom. The second kappa shape index (κ2) is 5.61. The van der Waals surface area contributed by atoms with Crippen molar-refractivity contribution in [3.8, 4) is 0 Å². The summed E-state index contributed by atoms with van der Waals surface area (Å²) in [7, 11) is 0. The van der Waals surface area contributed by atoms with Crippen molar-refractivity contribution in [2.24, 2.45) is 0 Å².